The van der Waals surface area contributed by atoms with Gasteiger partial charge in [0, 0.05) is 50.3 Å². The molecule has 0 radical (unpaired) electrons. The van der Waals surface area contributed by atoms with E-state index in [0.29, 0.717) is 0 Å². The first-order chi connectivity index (χ1) is 27.3. The van der Waals surface area contributed by atoms with Crippen molar-refractivity contribution in [2.75, 3.05) is 4.90 Å². The van der Waals surface area contributed by atoms with E-state index in [9.17, 15) is 0 Å². The third-order valence-corrected chi connectivity index (χ3v) is 10.3. The molecule has 0 saturated carbocycles. The second-order valence-electron chi connectivity index (χ2n) is 13.6. The predicted molar refractivity (Wildman–Crippen MR) is 227 cm³/mol. The minimum absolute atomic E-state index is 0.779. The lowest BCUT2D eigenvalue weighted by Crippen LogP contribution is -2.10. The number of nitrogens with zero attached hydrogens (tertiary/aromatic N) is 5. The zero-order chi connectivity index (χ0) is 36.6. The van der Waals surface area contributed by atoms with E-state index in [4.69, 9.17) is 10.2 Å². The summed E-state index contributed by atoms with van der Waals surface area (Å²) in [6.45, 7) is 0. The van der Waals surface area contributed by atoms with Crippen molar-refractivity contribution in [1.29, 1.82) is 0 Å². The van der Waals surface area contributed by atoms with Crippen LogP contribution in [-0.2, 0) is 0 Å². The highest BCUT2D eigenvalue weighted by Crippen LogP contribution is 2.38. The Bertz CT molecular complexity index is 2820. The van der Waals surface area contributed by atoms with Gasteiger partial charge in [0.1, 0.15) is 0 Å². The first kappa shape index (κ1) is 32.2. The van der Waals surface area contributed by atoms with E-state index in [1.165, 1.54) is 27.4 Å². The summed E-state index contributed by atoms with van der Waals surface area (Å²) in [6.07, 6.45) is 0. The summed E-state index contributed by atoms with van der Waals surface area (Å²) < 4.78 is 4.50. The third kappa shape index (κ3) is 5.85. The molecule has 0 N–H and O–H groups in total. The van der Waals surface area contributed by atoms with Crippen LogP contribution in [0.3, 0.4) is 0 Å². The van der Waals surface area contributed by atoms with E-state index >= 15 is 0 Å². The van der Waals surface area contributed by atoms with Crippen molar-refractivity contribution in [2.45, 2.75) is 0 Å². The van der Waals surface area contributed by atoms with Crippen LogP contribution in [0.5, 0.6) is 0 Å². The zero-order valence-electron chi connectivity index (χ0n) is 29.9. The second kappa shape index (κ2) is 13.8. The van der Waals surface area contributed by atoms with Gasteiger partial charge in [-0.05, 0) is 96.1 Å². The molecule has 0 spiro atoms. The Hall–Kier alpha value is -7.50. The number of benzene rings is 8. The molecule has 5 heteroatoms. The summed E-state index contributed by atoms with van der Waals surface area (Å²) in [5.41, 5.74) is 12.0. The lowest BCUT2D eigenvalue weighted by atomic mass is 10.0. The summed E-state index contributed by atoms with van der Waals surface area (Å²) in [4.78, 5) is 2.29. The Kier molecular flexibility index (Phi) is 8.08. The van der Waals surface area contributed by atoms with E-state index in [2.05, 4.69) is 214 Å². The Labute approximate surface area is 319 Å². The fraction of sp³-hybridized carbons (Fsp3) is 0. The van der Waals surface area contributed by atoms with Crippen LogP contribution in [0.25, 0.3) is 67.1 Å². The molecule has 0 bridgehead atoms. The summed E-state index contributed by atoms with van der Waals surface area (Å²) in [7, 11) is 0. The molecule has 8 aromatic carbocycles. The summed E-state index contributed by atoms with van der Waals surface area (Å²) >= 11 is 0. The topological polar surface area (TPSA) is 38.9 Å². The quantitative estimate of drug-likeness (QED) is 0.158. The zero-order valence-corrected chi connectivity index (χ0v) is 29.9. The van der Waals surface area contributed by atoms with Crippen molar-refractivity contribution in [2.24, 2.45) is 0 Å². The lowest BCUT2D eigenvalue weighted by Gasteiger charge is -2.26. The smallest absolute Gasteiger partial charge is 0.168 e. The fourth-order valence-electron chi connectivity index (χ4n) is 7.66. The monoisotopic (exact) mass is 705 g/mol. The molecule has 2 heterocycles. The molecule has 0 unspecified atom stereocenters. The van der Waals surface area contributed by atoms with Gasteiger partial charge in [-0.2, -0.15) is 0 Å². The molecule has 0 aliphatic carbocycles. The molecule has 0 amide bonds. The summed E-state index contributed by atoms with van der Waals surface area (Å²) in [6, 6.07) is 74.6. The average Bonchev–Trinajstić information content (AvgIpc) is 3.86. The molecule has 0 saturated heterocycles. The van der Waals surface area contributed by atoms with Crippen LogP contribution in [0, 0.1) is 0 Å². The summed E-state index contributed by atoms with van der Waals surface area (Å²) in [5, 5.41) is 12.1. The van der Waals surface area contributed by atoms with Gasteiger partial charge in [-0.15, -0.1) is 10.2 Å². The van der Waals surface area contributed by atoms with Gasteiger partial charge in [-0.25, -0.2) is 0 Å². The molecular weight excluding hydrogens is 671 g/mol. The number of fused-ring (bicyclic) bond motifs is 3. The van der Waals surface area contributed by atoms with Crippen molar-refractivity contribution >= 4 is 38.9 Å². The highest BCUT2D eigenvalue weighted by molar-refractivity contribution is 6.09. The number of anilines is 3. The minimum atomic E-state index is 0.779. The lowest BCUT2D eigenvalue weighted by molar-refractivity contribution is 1.07. The van der Waals surface area contributed by atoms with Gasteiger partial charge >= 0.3 is 0 Å². The SMILES string of the molecule is c1ccc(-c2ccc(-c3nnc(-c4ccc(N(c5ccccc5)c5ccc(-n6c7ccccc7c7ccccc76)cc5)cc4)n3-c3ccccc3)cc2)cc1. The van der Waals surface area contributed by atoms with Gasteiger partial charge in [-0.3, -0.25) is 4.57 Å². The average molecular weight is 706 g/mol. The molecule has 5 nitrogen and oxygen atoms in total. The van der Waals surface area contributed by atoms with Crippen LogP contribution in [0.2, 0.25) is 0 Å². The van der Waals surface area contributed by atoms with Gasteiger partial charge < -0.3 is 9.47 Å². The number of para-hydroxylation sites is 4. The van der Waals surface area contributed by atoms with E-state index in [1.54, 1.807) is 0 Å². The first-order valence-electron chi connectivity index (χ1n) is 18.5. The molecule has 0 atom stereocenters. The van der Waals surface area contributed by atoms with Crippen LogP contribution >= 0.6 is 0 Å². The Balaban J connectivity index is 1.02. The number of hydrogen-bond donors (Lipinski definition) is 0. The van der Waals surface area contributed by atoms with Crippen molar-refractivity contribution in [3.05, 3.63) is 212 Å². The molecule has 0 aliphatic heterocycles. The Morgan fingerprint density at radius 1 is 0.291 bits per heavy atom. The molecule has 0 aliphatic rings. The van der Waals surface area contributed by atoms with E-state index in [0.717, 1.165) is 56.8 Å². The van der Waals surface area contributed by atoms with E-state index in [-0.39, 0.29) is 0 Å². The van der Waals surface area contributed by atoms with Crippen molar-refractivity contribution < 1.29 is 0 Å². The summed E-state index contributed by atoms with van der Waals surface area (Å²) in [5.74, 6) is 1.57. The number of aromatic nitrogens is 4. The second-order valence-corrected chi connectivity index (χ2v) is 13.6. The van der Waals surface area contributed by atoms with Crippen molar-refractivity contribution in [1.82, 2.24) is 19.3 Å². The first-order valence-corrected chi connectivity index (χ1v) is 18.5. The molecule has 2 aromatic heterocycles. The normalized spacial score (nSPS) is 11.3. The number of rotatable bonds is 8. The van der Waals surface area contributed by atoms with Gasteiger partial charge in [0.2, 0.25) is 0 Å². The molecular formula is C50H35N5. The van der Waals surface area contributed by atoms with Crippen LogP contribution < -0.4 is 4.90 Å². The molecule has 0 fully saturated rings. The fourth-order valence-corrected chi connectivity index (χ4v) is 7.66. The van der Waals surface area contributed by atoms with Gasteiger partial charge in [0.05, 0.1) is 11.0 Å². The van der Waals surface area contributed by atoms with Gasteiger partial charge in [-0.1, -0.05) is 127 Å². The van der Waals surface area contributed by atoms with Crippen LogP contribution in [0.1, 0.15) is 0 Å². The minimum Gasteiger partial charge on any atom is -0.311 e. The maximum absolute atomic E-state index is 4.78. The Morgan fingerprint density at radius 2 is 0.673 bits per heavy atom. The van der Waals surface area contributed by atoms with E-state index in [1.807, 2.05) is 12.1 Å². The van der Waals surface area contributed by atoms with Crippen LogP contribution in [0.4, 0.5) is 17.1 Å². The van der Waals surface area contributed by atoms with Gasteiger partial charge in [0.25, 0.3) is 0 Å². The largest absolute Gasteiger partial charge is 0.311 e. The van der Waals surface area contributed by atoms with E-state index < -0.39 is 0 Å². The maximum atomic E-state index is 4.78. The van der Waals surface area contributed by atoms with Crippen LogP contribution in [-0.4, -0.2) is 19.3 Å². The molecule has 10 rings (SSSR count). The highest BCUT2D eigenvalue weighted by atomic mass is 15.3. The van der Waals surface area contributed by atoms with Crippen molar-refractivity contribution in [3.8, 4) is 45.3 Å². The molecule has 260 valence electrons. The molecule has 55 heavy (non-hydrogen) atoms. The number of hydrogen-bond acceptors (Lipinski definition) is 3. The Morgan fingerprint density at radius 3 is 1.24 bits per heavy atom. The third-order valence-electron chi connectivity index (χ3n) is 10.3. The van der Waals surface area contributed by atoms with Crippen molar-refractivity contribution in [3.63, 3.8) is 0 Å². The highest BCUT2D eigenvalue weighted by Gasteiger charge is 2.19. The maximum Gasteiger partial charge on any atom is 0.168 e. The van der Waals surface area contributed by atoms with Crippen LogP contribution in [0.15, 0.2) is 212 Å². The predicted octanol–water partition coefficient (Wildman–Crippen LogP) is 12.8. The molecule has 10 aromatic rings. The van der Waals surface area contributed by atoms with Gasteiger partial charge in [0.15, 0.2) is 11.6 Å². The standard InChI is InChI=1S/C50H35N5/c1-4-14-36(15-5-1)37-24-26-38(27-25-37)49-51-52-50(55(49)41-18-8-3-9-19-41)39-28-30-42(31-29-39)53(40-16-6-2-7-17-40)43-32-34-44(35-33-43)54-47-22-12-10-20-45(47)46-21-11-13-23-48(46)54/h1-35H.